The molecule has 0 saturated carbocycles. The van der Waals surface area contributed by atoms with Gasteiger partial charge in [-0.05, 0) is 43.3 Å². The number of benzene rings is 2. The summed E-state index contributed by atoms with van der Waals surface area (Å²) in [5.74, 6) is 0.811. The highest BCUT2D eigenvalue weighted by atomic mass is 32.2. The van der Waals surface area contributed by atoms with Crippen molar-refractivity contribution in [1.82, 2.24) is 19.7 Å². The van der Waals surface area contributed by atoms with Crippen molar-refractivity contribution < 1.29 is 13.6 Å². The summed E-state index contributed by atoms with van der Waals surface area (Å²) in [6.45, 7) is 2.38. The van der Waals surface area contributed by atoms with E-state index in [-0.39, 0.29) is 17.5 Å². The number of carbonyl (C=O) groups is 1. The zero-order valence-electron chi connectivity index (χ0n) is 17.2. The van der Waals surface area contributed by atoms with Crippen molar-refractivity contribution in [2.45, 2.75) is 18.6 Å². The molecule has 0 unspecified atom stereocenters. The van der Waals surface area contributed by atoms with Crippen molar-refractivity contribution >= 4 is 17.7 Å². The molecule has 158 valence electrons. The highest BCUT2D eigenvalue weighted by Crippen LogP contribution is 2.29. The monoisotopic (exact) mass is 436 g/mol. The quantitative estimate of drug-likeness (QED) is 0.392. The second kappa shape index (κ2) is 9.18. The smallest absolute Gasteiger partial charge is 0.233 e. The predicted octanol–water partition coefficient (Wildman–Crippen LogP) is 4.73. The number of aromatic nitrogens is 3. The van der Waals surface area contributed by atoms with Gasteiger partial charge in [-0.2, -0.15) is 0 Å². The molecule has 2 aromatic heterocycles. The highest BCUT2D eigenvalue weighted by Gasteiger charge is 2.20. The third kappa shape index (κ3) is 4.69. The number of thioether (sulfide) groups is 1. The van der Waals surface area contributed by atoms with Crippen molar-refractivity contribution in [3.63, 3.8) is 0 Å². The lowest BCUT2D eigenvalue weighted by Gasteiger charge is -2.16. The van der Waals surface area contributed by atoms with Crippen LogP contribution >= 0.6 is 11.8 Å². The molecule has 0 N–H and O–H groups in total. The van der Waals surface area contributed by atoms with E-state index in [4.69, 9.17) is 4.42 Å². The van der Waals surface area contributed by atoms with Gasteiger partial charge in [0.1, 0.15) is 11.6 Å². The molecule has 8 heteroatoms. The van der Waals surface area contributed by atoms with E-state index in [2.05, 4.69) is 10.2 Å². The van der Waals surface area contributed by atoms with Crippen LogP contribution in [0.4, 0.5) is 4.39 Å². The second-order valence-corrected chi connectivity index (χ2v) is 8.02. The van der Waals surface area contributed by atoms with E-state index in [9.17, 15) is 9.18 Å². The van der Waals surface area contributed by atoms with Gasteiger partial charge in [0.25, 0.3) is 0 Å². The summed E-state index contributed by atoms with van der Waals surface area (Å²) in [4.78, 5) is 14.2. The fourth-order valence-corrected chi connectivity index (χ4v) is 3.96. The molecular formula is C23H21FN4O2S. The van der Waals surface area contributed by atoms with Crippen LogP contribution in [-0.4, -0.2) is 38.4 Å². The normalized spacial score (nSPS) is 10.9. The van der Waals surface area contributed by atoms with Crippen LogP contribution < -0.4 is 0 Å². The average Bonchev–Trinajstić information content (AvgIpc) is 3.43. The van der Waals surface area contributed by atoms with Crippen molar-refractivity contribution in [1.29, 1.82) is 0 Å². The molecule has 4 rings (SSSR count). The SMILES string of the molecule is Cc1ccc(-n2c(SCC(=O)N(C)Cc3ccco3)nnc2-c2ccccc2F)cc1. The lowest BCUT2D eigenvalue weighted by Crippen LogP contribution is -2.27. The number of amides is 1. The van der Waals surface area contributed by atoms with Gasteiger partial charge in [-0.3, -0.25) is 9.36 Å². The Hall–Kier alpha value is -3.39. The highest BCUT2D eigenvalue weighted by molar-refractivity contribution is 7.99. The molecule has 0 fully saturated rings. The van der Waals surface area contributed by atoms with E-state index < -0.39 is 0 Å². The summed E-state index contributed by atoms with van der Waals surface area (Å²) in [6, 6.07) is 17.9. The predicted molar refractivity (Wildman–Crippen MR) is 117 cm³/mol. The van der Waals surface area contributed by atoms with Gasteiger partial charge in [0, 0.05) is 12.7 Å². The van der Waals surface area contributed by atoms with E-state index in [1.165, 1.54) is 17.8 Å². The van der Waals surface area contributed by atoms with Crippen molar-refractivity contribution in [3.8, 4) is 17.1 Å². The first-order valence-corrected chi connectivity index (χ1v) is 10.7. The third-order valence-electron chi connectivity index (χ3n) is 4.76. The first-order valence-electron chi connectivity index (χ1n) is 9.69. The summed E-state index contributed by atoms with van der Waals surface area (Å²) in [6.07, 6.45) is 1.58. The average molecular weight is 437 g/mol. The minimum atomic E-state index is -0.380. The number of hydrogen-bond donors (Lipinski definition) is 0. The molecule has 2 heterocycles. The van der Waals surface area contributed by atoms with Gasteiger partial charge in [0.2, 0.25) is 5.91 Å². The Bertz CT molecular complexity index is 1170. The summed E-state index contributed by atoms with van der Waals surface area (Å²) < 4.78 is 21.6. The number of halogens is 1. The molecule has 0 radical (unpaired) electrons. The first kappa shape index (κ1) is 20.9. The molecule has 0 saturated heterocycles. The Kier molecular flexibility index (Phi) is 6.18. The number of aryl methyl sites for hydroxylation is 1. The molecule has 2 aromatic carbocycles. The van der Waals surface area contributed by atoms with Crippen LogP contribution in [-0.2, 0) is 11.3 Å². The van der Waals surface area contributed by atoms with E-state index >= 15 is 0 Å². The second-order valence-electron chi connectivity index (χ2n) is 7.07. The standard InChI is InChI=1S/C23H21FN4O2S/c1-16-9-11-17(12-10-16)28-22(19-7-3-4-8-20(19)24)25-26-23(28)31-15-21(29)27(2)14-18-6-5-13-30-18/h3-13H,14-15H2,1-2H3. The molecule has 0 spiro atoms. The van der Waals surface area contributed by atoms with Gasteiger partial charge in [-0.15, -0.1) is 10.2 Å². The Morgan fingerprint density at radius 2 is 1.87 bits per heavy atom. The molecule has 0 aliphatic carbocycles. The van der Waals surface area contributed by atoms with Gasteiger partial charge in [0.15, 0.2) is 11.0 Å². The Morgan fingerprint density at radius 3 is 2.58 bits per heavy atom. The molecule has 6 nitrogen and oxygen atoms in total. The molecule has 4 aromatic rings. The van der Waals surface area contributed by atoms with Crippen LogP contribution in [0.2, 0.25) is 0 Å². The lowest BCUT2D eigenvalue weighted by molar-refractivity contribution is -0.127. The molecular weight excluding hydrogens is 415 g/mol. The van der Waals surface area contributed by atoms with Gasteiger partial charge in [0.05, 0.1) is 24.1 Å². The topological polar surface area (TPSA) is 64.2 Å². The van der Waals surface area contributed by atoms with Crippen LogP contribution in [0.1, 0.15) is 11.3 Å². The van der Waals surface area contributed by atoms with Gasteiger partial charge < -0.3 is 9.32 Å². The number of nitrogens with zero attached hydrogens (tertiary/aromatic N) is 4. The van der Waals surface area contributed by atoms with Crippen LogP contribution in [0.3, 0.4) is 0 Å². The maximum atomic E-state index is 14.5. The van der Waals surface area contributed by atoms with Gasteiger partial charge >= 0.3 is 0 Å². The van der Waals surface area contributed by atoms with E-state index in [1.54, 1.807) is 47.0 Å². The van der Waals surface area contributed by atoms with Crippen molar-refractivity contribution in [2.75, 3.05) is 12.8 Å². The van der Waals surface area contributed by atoms with E-state index in [0.29, 0.717) is 28.8 Å². The zero-order chi connectivity index (χ0) is 21.8. The fourth-order valence-electron chi connectivity index (χ4n) is 3.07. The van der Waals surface area contributed by atoms with E-state index in [1.807, 2.05) is 37.3 Å². The maximum absolute atomic E-state index is 14.5. The van der Waals surface area contributed by atoms with Crippen LogP contribution in [0.25, 0.3) is 17.1 Å². The van der Waals surface area contributed by atoms with Gasteiger partial charge in [-0.1, -0.05) is 41.6 Å². The number of carbonyl (C=O) groups excluding carboxylic acids is 1. The summed E-state index contributed by atoms with van der Waals surface area (Å²) >= 11 is 1.26. The molecule has 0 aliphatic heterocycles. The Balaban J connectivity index is 1.61. The first-order chi connectivity index (χ1) is 15.0. The molecule has 1 amide bonds. The minimum Gasteiger partial charge on any atom is -0.467 e. The molecule has 31 heavy (non-hydrogen) atoms. The maximum Gasteiger partial charge on any atom is 0.233 e. The van der Waals surface area contributed by atoms with Crippen LogP contribution in [0.5, 0.6) is 0 Å². The van der Waals surface area contributed by atoms with Gasteiger partial charge in [-0.25, -0.2) is 4.39 Å². The summed E-state index contributed by atoms with van der Waals surface area (Å²) in [5, 5.41) is 9.02. The number of rotatable bonds is 7. The summed E-state index contributed by atoms with van der Waals surface area (Å²) in [7, 11) is 1.72. The van der Waals surface area contributed by atoms with Crippen LogP contribution in [0, 0.1) is 12.7 Å². The molecule has 0 aliphatic rings. The number of hydrogen-bond acceptors (Lipinski definition) is 5. The van der Waals surface area contributed by atoms with Crippen LogP contribution in [0.15, 0.2) is 76.5 Å². The summed E-state index contributed by atoms with van der Waals surface area (Å²) in [5.41, 5.74) is 2.25. The fraction of sp³-hybridized carbons (Fsp3) is 0.174. The third-order valence-corrected chi connectivity index (χ3v) is 5.68. The Morgan fingerprint density at radius 1 is 1.10 bits per heavy atom. The van der Waals surface area contributed by atoms with Crippen molar-refractivity contribution in [3.05, 3.63) is 84.1 Å². The Labute approximate surface area is 183 Å². The van der Waals surface area contributed by atoms with Crippen molar-refractivity contribution in [2.24, 2.45) is 0 Å². The lowest BCUT2D eigenvalue weighted by atomic mass is 10.2. The van der Waals surface area contributed by atoms with E-state index in [0.717, 1.165) is 11.3 Å². The number of furan rings is 1. The largest absolute Gasteiger partial charge is 0.467 e. The zero-order valence-corrected chi connectivity index (χ0v) is 18.0. The molecule has 0 bridgehead atoms. The minimum absolute atomic E-state index is 0.0766. The molecule has 0 atom stereocenters.